The van der Waals surface area contributed by atoms with Gasteiger partial charge in [-0.3, -0.25) is 4.79 Å². The topological polar surface area (TPSA) is 81.6 Å². The fraction of sp³-hybridized carbons (Fsp3) is 0.421. The number of phenols is 1. The van der Waals surface area contributed by atoms with Gasteiger partial charge in [0.1, 0.15) is 11.7 Å². The third-order valence-corrected chi connectivity index (χ3v) is 5.34. The first kappa shape index (κ1) is 20.5. The lowest BCUT2D eigenvalue weighted by molar-refractivity contribution is -0.119. The third-order valence-electron chi connectivity index (χ3n) is 4.76. The maximum Gasteiger partial charge on any atom is 0.249 e. The van der Waals surface area contributed by atoms with Crippen molar-refractivity contribution >= 4 is 52.3 Å². The van der Waals surface area contributed by atoms with Crippen LogP contribution >= 0.6 is 23.2 Å². The standard InChI is InChI=1S/C19H23Cl2N5O2/c1-10(2)5-6-26-11(3)18(28)25(4)15-9-22-19(24-17(15)26)23-12-7-13(20)16(27)14(21)8-12/h7-11,27H,5-6H2,1-4H3,(H,22,23,24). The predicted octanol–water partition coefficient (Wildman–Crippen LogP) is 4.45. The summed E-state index contributed by atoms with van der Waals surface area (Å²) in [6, 6.07) is 2.78. The Hall–Kier alpha value is -2.25. The highest BCUT2D eigenvalue weighted by Crippen LogP contribution is 2.37. The van der Waals surface area contributed by atoms with Crippen molar-refractivity contribution in [2.75, 3.05) is 28.7 Å². The highest BCUT2D eigenvalue weighted by molar-refractivity contribution is 6.37. The molecule has 0 fully saturated rings. The highest BCUT2D eigenvalue weighted by atomic mass is 35.5. The van der Waals surface area contributed by atoms with Crippen LogP contribution in [0.5, 0.6) is 5.75 Å². The molecule has 1 unspecified atom stereocenters. The summed E-state index contributed by atoms with van der Waals surface area (Å²) in [5.74, 6) is 1.39. The molecular weight excluding hydrogens is 401 g/mol. The average Bonchev–Trinajstić information content (AvgIpc) is 2.64. The minimum atomic E-state index is -0.309. The van der Waals surface area contributed by atoms with Crippen LogP contribution in [0.15, 0.2) is 18.3 Å². The molecule has 3 rings (SSSR count). The number of fused-ring (bicyclic) bond motifs is 1. The minimum absolute atomic E-state index is 0.0117. The number of carbonyl (C=O) groups excluding carboxylic acids is 1. The van der Waals surface area contributed by atoms with E-state index in [1.54, 1.807) is 30.3 Å². The smallest absolute Gasteiger partial charge is 0.249 e. The van der Waals surface area contributed by atoms with Crippen LogP contribution in [0.2, 0.25) is 10.0 Å². The molecule has 0 radical (unpaired) electrons. The number of rotatable bonds is 5. The number of likely N-dealkylation sites (N-methyl/N-ethyl adjacent to an activating group) is 1. The van der Waals surface area contributed by atoms with Gasteiger partial charge < -0.3 is 20.2 Å². The molecular formula is C19H23Cl2N5O2. The molecule has 1 aliphatic heterocycles. The van der Waals surface area contributed by atoms with Crippen molar-refractivity contribution in [3.05, 3.63) is 28.4 Å². The number of nitrogens with zero attached hydrogens (tertiary/aromatic N) is 4. The number of aromatic nitrogens is 2. The first-order valence-corrected chi connectivity index (χ1v) is 9.81. The van der Waals surface area contributed by atoms with Gasteiger partial charge in [-0.2, -0.15) is 4.98 Å². The van der Waals surface area contributed by atoms with E-state index < -0.39 is 0 Å². The van der Waals surface area contributed by atoms with Crippen LogP contribution in [0.1, 0.15) is 27.2 Å². The van der Waals surface area contributed by atoms with Crippen LogP contribution in [-0.4, -0.2) is 40.6 Å². The van der Waals surface area contributed by atoms with Crippen molar-refractivity contribution in [1.82, 2.24) is 9.97 Å². The van der Waals surface area contributed by atoms with Gasteiger partial charge in [-0.05, 0) is 31.4 Å². The lowest BCUT2D eigenvalue weighted by atomic mass is 10.1. The molecule has 150 valence electrons. The van der Waals surface area contributed by atoms with Crippen molar-refractivity contribution in [3.63, 3.8) is 0 Å². The number of amides is 1. The Balaban J connectivity index is 1.96. The summed E-state index contributed by atoms with van der Waals surface area (Å²) in [7, 11) is 1.73. The van der Waals surface area contributed by atoms with Gasteiger partial charge in [0.2, 0.25) is 11.9 Å². The van der Waals surface area contributed by atoms with Crippen molar-refractivity contribution < 1.29 is 9.90 Å². The molecule has 1 aliphatic rings. The normalized spacial score (nSPS) is 16.5. The van der Waals surface area contributed by atoms with Crippen molar-refractivity contribution in [1.29, 1.82) is 0 Å². The van der Waals surface area contributed by atoms with E-state index >= 15 is 0 Å². The van der Waals surface area contributed by atoms with Crippen molar-refractivity contribution in [2.24, 2.45) is 5.92 Å². The molecule has 2 heterocycles. The maximum absolute atomic E-state index is 12.6. The lowest BCUT2D eigenvalue weighted by Crippen LogP contribution is -2.51. The molecule has 9 heteroatoms. The van der Waals surface area contributed by atoms with Crippen LogP contribution < -0.4 is 15.1 Å². The molecule has 1 aromatic carbocycles. The zero-order valence-corrected chi connectivity index (χ0v) is 17.7. The Labute approximate surface area is 174 Å². The number of halogens is 2. The Bertz CT molecular complexity index is 883. The Kier molecular flexibility index (Phi) is 5.86. The molecule has 0 aliphatic carbocycles. The van der Waals surface area contributed by atoms with E-state index in [-0.39, 0.29) is 27.7 Å². The fourth-order valence-electron chi connectivity index (χ4n) is 3.05. The lowest BCUT2D eigenvalue weighted by Gasteiger charge is -2.39. The van der Waals surface area contributed by atoms with E-state index in [4.69, 9.17) is 23.2 Å². The summed E-state index contributed by atoms with van der Waals surface area (Å²) in [6.45, 7) is 6.90. The van der Waals surface area contributed by atoms with Gasteiger partial charge in [-0.25, -0.2) is 4.98 Å². The Morgan fingerprint density at radius 2 is 1.93 bits per heavy atom. The van der Waals surface area contributed by atoms with Gasteiger partial charge in [0.15, 0.2) is 11.6 Å². The molecule has 0 bridgehead atoms. The molecule has 2 aromatic rings. The second-order valence-corrected chi connectivity index (χ2v) is 8.08. The summed E-state index contributed by atoms with van der Waals surface area (Å²) < 4.78 is 0. The van der Waals surface area contributed by atoms with E-state index in [9.17, 15) is 9.90 Å². The van der Waals surface area contributed by atoms with Gasteiger partial charge in [-0.1, -0.05) is 37.0 Å². The molecule has 1 atom stereocenters. The van der Waals surface area contributed by atoms with Gasteiger partial charge in [-0.15, -0.1) is 0 Å². The molecule has 0 spiro atoms. The first-order valence-electron chi connectivity index (χ1n) is 9.05. The van der Waals surface area contributed by atoms with Gasteiger partial charge >= 0.3 is 0 Å². The quantitative estimate of drug-likeness (QED) is 0.691. The minimum Gasteiger partial charge on any atom is -0.505 e. The number of phenolic OH excluding ortho intramolecular Hbond substituents is 1. The Morgan fingerprint density at radius 1 is 1.29 bits per heavy atom. The summed E-state index contributed by atoms with van der Waals surface area (Å²) in [6.07, 6.45) is 2.57. The number of hydrogen-bond donors (Lipinski definition) is 2. The van der Waals surface area contributed by atoms with Crippen LogP contribution in [0.4, 0.5) is 23.1 Å². The molecule has 0 saturated heterocycles. The molecule has 28 heavy (non-hydrogen) atoms. The summed E-state index contributed by atoms with van der Waals surface area (Å²) >= 11 is 12.0. The van der Waals surface area contributed by atoms with Crippen LogP contribution in [0.3, 0.4) is 0 Å². The van der Waals surface area contributed by atoms with Gasteiger partial charge in [0.05, 0.1) is 16.2 Å². The number of benzene rings is 1. The van der Waals surface area contributed by atoms with E-state index in [0.29, 0.717) is 29.1 Å². The SMILES string of the molecule is CC(C)CCN1c2nc(Nc3cc(Cl)c(O)c(Cl)c3)ncc2N(C)C(=O)C1C. The van der Waals surface area contributed by atoms with Gasteiger partial charge in [0.25, 0.3) is 0 Å². The van der Waals surface area contributed by atoms with Crippen LogP contribution in [-0.2, 0) is 4.79 Å². The highest BCUT2D eigenvalue weighted by Gasteiger charge is 2.35. The van der Waals surface area contributed by atoms with E-state index in [1.807, 2.05) is 11.8 Å². The molecule has 2 N–H and O–H groups in total. The monoisotopic (exact) mass is 423 g/mol. The first-order chi connectivity index (χ1) is 13.2. The molecule has 7 nitrogen and oxygen atoms in total. The Morgan fingerprint density at radius 3 is 2.54 bits per heavy atom. The van der Waals surface area contributed by atoms with E-state index in [0.717, 1.165) is 13.0 Å². The number of anilines is 4. The third kappa shape index (κ3) is 3.95. The number of carbonyl (C=O) groups is 1. The van der Waals surface area contributed by atoms with Crippen molar-refractivity contribution in [3.8, 4) is 5.75 Å². The average molecular weight is 424 g/mol. The summed E-state index contributed by atoms with van der Waals surface area (Å²) in [4.78, 5) is 25.2. The zero-order valence-electron chi connectivity index (χ0n) is 16.2. The summed E-state index contributed by atoms with van der Waals surface area (Å²) in [5, 5.41) is 13.0. The van der Waals surface area contributed by atoms with Crippen LogP contribution in [0.25, 0.3) is 0 Å². The molecule has 0 saturated carbocycles. The molecule has 1 aromatic heterocycles. The second-order valence-electron chi connectivity index (χ2n) is 7.27. The van der Waals surface area contributed by atoms with Gasteiger partial charge in [0, 0.05) is 19.3 Å². The van der Waals surface area contributed by atoms with E-state index in [1.165, 1.54) is 0 Å². The van der Waals surface area contributed by atoms with E-state index in [2.05, 4.69) is 29.1 Å². The summed E-state index contributed by atoms with van der Waals surface area (Å²) in [5.41, 5.74) is 1.22. The fourth-order valence-corrected chi connectivity index (χ4v) is 3.54. The second kappa shape index (κ2) is 8.01. The largest absolute Gasteiger partial charge is 0.505 e. The predicted molar refractivity (Wildman–Crippen MR) is 113 cm³/mol. The van der Waals surface area contributed by atoms with Crippen molar-refractivity contribution in [2.45, 2.75) is 33.2 Å². The van der Waals surface area contributed by atoms with Crippen LogP contribution in [0, 0.1) is 5.92 Å². The number of hydrogen-bond acceptors (Lipinski definition) is 6. The number of nitrogens with one attached hydrogen (secondary N) is 1. The number of aromatic hydroxyl groups is 1. The zero-order chi connectivity index (χ0) is 20.6. The maximum atomic E-state index is 12.6. The molecule has 1 amide bonds.